The second-order valence-corrected chi connectivity index (χ2v) is 14.0. The zero-order valence-electron chi connectivity index (χ0n) is 30.2. The van der Waals surface area contributed by atoms with Crippen molar-refractivity contribution in [3.8, 4) is 62.1 Å². The van der Waals surface area contributed by atoms with E-state index in [-0.39, 0.29) is 0 Å². The van der Waals surface area contributed by atoms with Crippen molar-refractivity contribution in [1.82, 2.24) is 19.5 Å². The maximum Gasteiger partial charge on any atom is 0.238 e. The highest BCUT2D eigenvalue weighted by atomic mass is 16.3. The topological polar surface area (TPSA) is 56.7 Å². The summed E-state index contributed by atoms with van der Waals surface area (Å²) in [5.41, 5.74) is 12.0. The maximum absolute atomic E-state index is 6.81. The summed E-state index contributed by atoms with van der Waals surface area (Å²) in [4.78, 5) is 15.8. The molecule has 0 saturated carbocycles. The first-order chi connectivity index (χ1) is 27.8. The molecule has 8 aromatic carbocycles. The molecule has 0 aliphatic heterocycles. The number of furan rings is 1. The third kappa shape index (κ3) is 5.29. The van der Waals surface area contributed by atoms with E-state index in [0.29, 0.717) is 17.6 Å². The summed E-state index contributed by atoms with van der Waals surface area (Å²) in [7, 11) is 0. The van der Waals surface area contributed by atoms with Crippen LogP contribution in [0.1, 0.15) is 0 Å². The van der Waals surface area contributed by atoms with Gasteiger partial charge in [-0.1, -0.05) is 170 Å². The molecule has 56 heavy (non-hydrogen) atoms. The number of nitrogens with zero attached hydrogens (tertiary/aromatic N) is 4. The van der Waals surface area contributed by atoms with Crippen LogP contribution in [-0.2, 0) is 0 Å². The number of para-hydroxylation sites is 1. The highest BCUT2D eigenvalue weighted by molar-refractivity contribution is 6.23. The molecule has 11 rings (SSSR count). The van der Waals surface area contributed by atoms with Gasteiger partial charge in [-0.2, -0.15) is 9.97 Å². The molecule has 5 nitrogen and oxygen atoms in total. The van der Waals surface area contributed by atoms with Crippen LogP contribution in [0.5, 0.6) is 0 Å². The molecular weight excluding hydrogens is 685 g/mol. The van der Waals surface area contributed by atoms with Gasteiger partial charge in [0, 0.05) is 38.2 Å². The summed E-state index contributed by atoms with van der Waals surface area (Å²) < 4.78 is 9.02. The molecule has 0 atom stereocenters. The smallest absolute Gasteiger partial charge is 0.238 e. The molecular formula is C51H32N4O. The number of hydrogen-bond acceptors (Lipinski definition) is 4. The molecule has 0 fully saturated rings. The number of rotatable bonds is 6. The van der Waals surface area contributed by atoms with Crippen LogP contribution >= 0.6 is 0 Å². The molecule has 262 valence electrons. The molecule has 0 radical (unpaired) electrons. The Kier molecular flexibility index (Phi) is 7.42. The van der Waals surface area contributed by atoms with E-state index in [9.17, 15) is 0 Å². The fourth-order valence-corrected chi connectivity index (χ4v) is 7.99. The first-order valence-corrected chi connectivity index (χ1v) is 18.8. The first-order valence-electron chi connectivity index (χ1n) is 18.8. The lowest BCUT2D eigenvalue weighted by Gasteiger charge is -2.14. The lowest BCUT2D eigenvalue weighted by atomic mass is 9.95. The summed E-state index contributed by atoms with van der Waals surface area (Å²) in [6.45, 7) is 0. The van der Waals surface area contributed by atoms with E-state index in [1.54, 1.807) is 0 Å². The van der Waals surface area contributed by atoms with Gasteiger partial charge in [0.1, 0.15) is 11.1 Å². The van der Waals surface area contributed by atoms with Gasteiger partial charge >= 0.3 is 0 Å². The largest absolute Gasteiger partial charge is 0.454 e. The van der Waals surface area contributed by atoms with Crippen LogP contribution in [0.25, 0.3) is 106 Å². The van der Waals surface area contributed by atoms with Gasteiger partial charge in [0.25, 0.3) is 0 Å². The molecule has 0 unspecified atom stereocenters. The third-order valence-electron chi connectivity index (χ3n) is 10.7. The molecule has 0 N–H and O–H groups in total. The minimum absolute atomic E-state index is 0.513. The molecule has 11 aromatic rings. The molecule has 0 saturated heterocycles. The summed E-state index contributed by atoms with van der Waals surface area (Å²) in [6.07, 6.45) is 0. The van der Waals surface area contributed by atoms with Gasteiger partial charge in [0.15, 0.2) is 17.2 Å². The average molecular weight is 717 g/mol. The number of hydrogen-bond donors (Lipinski definition) is 0. The van der Waals surface area contributed by atoms with Crippen LogP contribution in [0.2, 0.25) is 0 Å². The standard InChI is InChI=1S/C51H32N4O/c1-5-15-33(16-6-1)35-25-27-38(28-26-35)50-52-49(37-21-11-4-12-22-37)53-51(54-50)55-46-43(36-19-9-3-10-20-36)31-39(34-17-7-2-8-18-34)32-44(46)41-29-30-42-40-23-13-14-24-45(40)56-48(42)47(41)55/h1-32H. The van der Waals surface area contributed by atoms with Crippen LogP contribution in [0, 0.1) is 0 Å². The van der Waals surface area contributed by atoms with Crippen LogP contribution in [-0.4, -0.2) is 19.5 Å². The molecule has 0 spiro atoms. The van der Waals surface area contributed by atoms with Crippen molar-refractivity contribution in [2.45, 2.75) is 0 Å². The Hall–Kier alpha value is -7.63. The summed E-state index contributed by atoms with van der Waals surface area (Å²) in [5.74, 6) is 1.69. The zero-order valence-corrected chi connectivity index (χ0v) is 30.2. The van der Waals surface area contributed by atoms with Crippen molar-refractivity contribution in [3.05, 3.63) is 194 Å². The van der Waals surface area contributed by atoms with Gasteiger partial charge in [0.05, 0.1) is 5.52 Å². The van der Waals surface area contributed by atoms with E-state index in [4.69, 9.17) is 19.4 Å². The van der Waals surface area contributed by atoms with Gasteiger partial charge < -0.3 is 4.42 Å². The van der Waals surface area contributed by atoms with E-state index in [1.807, 2.05) is 48.5 Å². The maximum atomic E-state index is 6.81. The molecule has 3 aromatic heterocycles. The zero-order chi connectivity index (χ0) is 37.0. The van der Waals surface area contributed by atoms with E-state index < -0.39 is 0 Å². The van der Waals surface area contributed by atoms with E-state index in [1.165, 1.54) is 0 Å². The SMILES string of the molecule is c1ccc(-c2ccc(-c3nc(-c4ccccc4)nc(-n4c5c(-c6ccccc6)cc(-c6ccccc6)cc5c5ccc6c7ccccc7oc6c54)n3)cc2)cc1. The van der Waals surface area contributed by atoms with Crippen molar-refractivity contribution in [1.29, 1.82) is 0 Å². The second kappa shape index (κ2) is 13.0. The summed E-state index contributed by atoms with van der Waals surface area (Å²) in [5, 5.41) is 4.24. The van der Waals surface area contributed by atoms with Crippen molar-refractivity contribution < 1.29 is 4.42 Å². The fourth-order valence-electron chi connectivity index (χ4n) is 7.99. The summed E-state index contributed by atoms with van der Waals surface area (Å²) >= 11 is 0. The van der Waals surface area contributed by atoms with Gasteiger partial charge in [-0.25, -0.2) is 4.98 Å². The Morgan fingerprint density at radius 1 is 0.339 bits per heavy atom. The van der Waals surface area contributed by atoms with Gasteiger partial charge in [-0.15, -0.1) is 0 Å². The second-order valence-electron chi connectivity index (χ2n) is 14.0. The Bertz CT molecular complexity index is 3210. The molecule has 0 amide bonds. The van der Waals surface area contributed by atoms with E-state index in [0.717, 1.165) is 88.3 Å². The summed E-state index contributed by atoms with van der Waals surface area (Å²) in [6, 6.07) is 67.4. The average Bonchev–Trinajstić information content (AvgIpc) is 3.83. The van der Waals surface area contributed by atoms with Gasteiger partial charge in [0.2, 0.25) is 5.95 Å². The van der Waals surface area contributed by atoms with E-state index in [2.05, 4.69) is 150 Å². The molecule has 0 aliphatic rings. The lowest BCUT2D eigenvalue weighted by Crippen LogP contribution is -2.07. The quantitative estimate of drug-likeness (QED) is 0.172. The first kappa shape index (κ1) is 31.9. The normalized spacial score (nSPS) is 11.6. The van der Waals surface area contributed by atoms with Crippen LogP contribution in [0.4, 0.5) is 0 Å². The van der Waals surface area contributed by atoms with Crippen molar-refractivity contribution in [2.75, 3.05) is 0 Å². The van der Waals surface area contributed by atoms with Crippen molar-refractivity contribution >= 4 is 43.7 Å². The Morgan fingerprint density at radius 2 is 0.839 bits per heavy atom. The van der Waals surface area contributed by atoms with Crippen LogP contribution in [0.3, 0.4) is 0 Å². The predicted molar refractivity (Wildman–Crippen MR) is 229 cm³/mol. The highest BCUT2D eigenvalue weighted by Gasteiger charge is 2.25. The molecule has 0 bridgehead atoms. The van der Waals surface area contributed by atoms with Gasteiger partial charge in [-0.3, -0.25) is 4.57 Å². The molecule has 0 aliphatic carbocycles. The number of benzene rings is 8. The third-order valence-corrected chi connectivity index (χ3v) is 10.7. The van der Waals surface area contributed by atoms with Gasteiger partial charge in [-0.05, 0) is 52.1 Å². The van der Waals surface area contributed by atoms with Crippen molar-refractivity contribution in [3.63, 3.8) is 0 Å². The minimum Gasteiger partial charge on any atom is -0.454 e. The Balaban J connectivity index is 1.27. The van der Waals surface area contributed by atoms with E-state index >= 15 is 0 Å². The number of fused-ring (bicyclic) bond motifs is 7. The lowest BCUT2D eigenvalue weighted by molar-refractivity contribution is 0.670. The highest BCUT2D eigenvalue weighted by Crippen LogP contribution is 2.45. The number of aromatic nitrogens is 4. The predicted octanol–water partition coefficient (Wildman–Crippen LogP) is 13.2. The Morgan fingerprint density at radius 3 is 1.50 bits per heavy atom. The molecule has 3 heterocycles. The monoisotopic (exact) mass is 716 g/mol. The van der Waals surface area contributed by atoms with Crippen molar-refractivity contribution in [2.24, 2.45) is 0 Å². The van der Waals surface area contributed by atoms with Crippen LogP contribution in [0.15, 0.2) is 199 Å². The van der Waals surface area contributed by atoms with Crippen LogP contribution < -0.4 is 0 Å². The Labute approximate surface area is 322 Å². The fraction of sp³-hybridized carbons (Fsp3) is 0. The molecule has 5 heteroatoms. The minimum atomic E-state index is 0.513.